The van der Waals surface area contributed by atoms with Crippen molar-refractivity contribution in [1.82, 2.24) is 9.27 Å². The summed E-state index contributed by atoms with van der Waals surface area (Å²) < 4.78 is 5.98. The third-order valence-corrected chi connectivity index (χ3v) is 7.43. The predicted molar refractivity (Wildman–Crippen MR) is 147 cm³/mol. The first kappa shape index (κ1) is 24.1. The van der Waals surface area contributed by atoms with E-state index in [1.165, 1.54) is 15.6 Å². The number of carbonyl (C=O) groups excluding carboxylic acids is 1. The van der Waals surface area contributed by atoms with Gasteiger partial charge < -0.3 is 10.6 Å². The monoisotopic (exact) mass is 498 g/mol. The summed E-state index contributed by atoms with van der Waals surface area (Å²) in [6.45, 7) is 5.31. The van der Waals surface area contributed by atoms with Crippen molar-refractivity contribution in [2.75, 3.05) is 37.6 Å². The second-order valence-electron chi connectivity index (χ2n) is 9.03. The van der Waals surface area contributed by atoms with E-state index in [1.807, 2.05) is 12.1 Å². The van der Waals surface area contributed by atoms with Crippen molar-refractivity contribution in [2.45, 2.75) is 19.3 Å². The van der Waals surface area contributed by atoms with E-state index in [4.69, 9.17) is 10.1 Å². The Kier molecular flexibility index (Phi) is 7.64. The molecule has 2 N–H and O–H groups in total. The Morgan fingerprint density at radius 1 is 0.889 bits per heavy atom. The summed E-state index contributed by atoms with van der Waals surface area (Å²) in [6.07, 6.45) is 3.23. The average Bonchev–Trinajstić information content (AvgIpc) is 3.35. The van der Waals surface area contributed by atoms with Gasteiger partial charge in [-0.2, -0.15) is 14.6 Å². The Morgan fingerprint density at radius 3 is 2.44 bits per heavy atom. The minimum atomic E-state index is -0.446. The molecule has 1 aromatic heterocycles. The number of unbranched alkanes of at least 4 members (excludes halogenated alkanes) is 1. The maximum atomic E-state index is 11.2. The van der Waals surface area contributed by atoms with Crippen molar-refractivity contribution in [2.24, 2.45) is 16.0 Å². The number of azo groups is 1. The SMILES string of the molecule is NC(=O)c1ccc(N=Nc2ccccc2CCCCN2CCN(c3nsc4ccccc34)CC2)cc1. The molecule has 0 unspecified atom stereocenters. The Bertz CT molecular complexity index is 1340. The molecule has 0 radical (unpaired) electrons. The number of fused-ring (bicyclic) bond motifs is 1. The van der Waals surface area contributed by atoms with Crippen LogP contribution in [-0.4, -0.2) is 47.9 Å². The number of aromatic nitrogens is 1. The highest BCUT2D eigenvalue weighted by atomic mass is 32.1. The number of aryl methyl sites for hydroxylation is 1. The molecule has 7 nitrogen and oxygen atoms in total. The van der Waals surface area contributed by atoms with Gasteiger partial charge in [0, 0.05) is 37.1 Å². The van der Waals surface area contributed by atoms with Crippen LogP contribution in [0.15, 0.2) is 83.0 Å². The highest BCUT2D eigenvalue weighted by Crippen LogP contribution is 2.30. The van der Waals surface area contributed by atoms with E-state index in [0.29, 0.717) is 11.3 Å². The lowest BCUT2D eigenvalue weighted by molar-refractivity contribution is 0.100. The van der Waals surface area contributed by atoms with Crippen molar-refractivity contribution < 1.29 is 4.79 Å². The standard InChI is InChI=1S/C28H30N6OS/c29-27(35)22-12-14-23(15-13-22)30-31-25-10-3-1-7-21(25)8-5-6-16-33-17-19-34(20-18-33)28-24-9-2-4-11-26(24)36-32-28/h1-4,7,9-15H,5-6,8,16-20H2,(H2,29,35). The Labute approximate surface area is 215 Å². The van der Waals surface area contributed by atoms with Crippen LogP contribution >= 0.6 is 11.5 Å². The minimum Gasteiger partial charge on any atom is -0.366 e. The third-order valence-electron chi connectivity index (χ3n) is 6.62. The van der Waals surface area contributed by atoms with Gasteiger partial charge in [-0.3, -0.25) is 9.69 Å². The van der Waals surface area contributed by atoms with Crippen LogP contribution in [0.4, 0.5) is 17.2 Å². The first-order chi connectivity index (χ1) is 17.7. The number of nitrogens with zero attached hydrogens (tertiary/aromatic N) is 5. The molecule has 0 spiro atoms. The number of carbonyl (C=O) groups is 1. The summed E-state index contributed by atoms with van der Waals surface area (Å²) in [5.74, 6) is 0.698. The molecule has 0 aliphatic carbocycles. The van der Waals surface area contributed by atoms with Crippen LogP contribution in [0.1, 0.15) is 28.8 Å². The normalized spacial score (nSPS) is 14.6. The fraction of sp³-hybridized carbons (Fsp3) is 0.286. The number of anilines is 1. The molecule has 1 aliphatic heterocycles. The van der Waals surface area contributed by atoms with Crippen molar-refractivity contribution in [3.05, 3.63) is 83.9 Å². The molecule has 8 heteroatoms. The van der Waals surface area contributed by atoms with Crippen LogP contribution in [0.2, 0.25) is 0 Å². The molecule has 2 heterocycles. The predicted octanol–water partition coefficient (Wildman–Crippen LogP) is 5.96. The number of benzene rings is 3. The van der Waals surface area contributed by atoms with Crippen molar-refractivity contribution in [3.63, 3.8) is 0 Å². The zero-order chi connectivity index (χ0) is 24.7. The van der Waals surface area contributed by atoms with Gasteiger partial charge in [-0.15, -0.1) is 0 Å². The molecule has 0 bridgehead atoms. The van der Waals surface area contributed by atoms with Crippen molar-refractivity contribution in [1.29, 1.82) is 0 Å². The zero-order valence-corrected chi connectivity index (χ0v) is 21.0. The van der Waals surface area contributed by atoms with Gasteiger partial charge in [0.2, 0.25) is 5.91 Å². The first-order valence-corrected chi connectivity index (χ1v) is 13.2. The van der Waals surface area contributed by atoms with Crippen molar-refractivity contribution in [3.8, 4) is 0 Å². The Morgan fingerprint density at radius 2 is 1.64 bits per heavy atom. The molecule has 0 atom stereocenters. The van der Waals surface area contributed by atoms with Gasteiger partial charge in [-0.05, 0) is 85.4 Å². The Balaban J connectivity index is 1.09. The summed E-state index contributed by atoms with van der Waals surface area (Å²) in [6, 6.07) is 23.5. The first-order valence-electron chi connectivity index (χ1n) is 12.4. The largest absolute Gasteiger partial charge is 0.366 e. The van der Waals surface area contributed by atoms with Gasteiger partial charge in [0.1, 0.15) is 5.82 Å². The number of amides is 1. The molecule has 0 saturated carbocycles. The lowest BCUT2D eigenvalue weighted by atomic mass is 10.1. The van der Waals surface area contributed by atoms with E-state index in [-0.39, 0.29) is 0 Å². The molecule has 5 rings (SSSR count). The number of rotatable bonds is 9. The highest BCUT2D eigenvalue weighted by molar-refractivity contribution is 7.13. The Hall–Kier alpha value is -3.62. The number of nitrogens with two attached hydrogens (primary N) is 1. The molecule has 1 saturated heterocycles. The van der Waals surface area contributed by atoms with Crippen molar-refractivity contribution >= 4 is 44.7 Å². The maximum absolute atomic E-state index is 11.2. The quantitative estimate of drug-likeness (QED) is 0.228. The van der Waals surface area contributed by atoms with Gasteiger partial charge in [-0.25, -0.2) is 0 Å². The lowest BCUT2D eigenvalue weighted by Crippen LogP contribution is -2.46. The molecular weight excluding hydrogens is 468 g/mol. The van der Waals surface area contributed by atoms with Crippen LogP contribution in [-0.2, 0) is 6.42 Å². The van der Waals surface area contributed by atoms with Gasteiger partial charge in [-0.1, -0.05) is 30.3 Å². The average molecular weight is 499 g/mol. The highest BCUT2D eigenvalue weighted by Gasteiger charge is 2.20. The number of primary amides is 1. The van der Waals surface area contributed by atoms with Gasteiger partial charge in [0.15, 0.2) is 0 Å². The molecular formula is C28H30N6OS. The summed E-state index contributed by atoms with van der Waals surface area (Å²) in [5, 5.41) is 10.1. The smallest absolute Gasteiger partial charge is 0.248 e. The zero-order valence-electron chi connectivity index (χ0n) is 20.2. The van der Waals surface area contributed by atoms with E-state index in [1.54, 1.807) is 35.8 Å². The molecule has 4 aromatic rings. The molecule has 36 heavy (non-hydrogen) atoms. The topological polar surface area (TPSA) is 87.2 Å². The fourth-order valence-electron chi connectivity index (χ4n) is 4.56. The number of piperazine rings is 1. The van der Waals surface area contributed by atoms with E-state index < -0.39 is 5.91 Å². The van der Waals surface area contributed by atoms with Gasteiger partial charge >= 0.3 is 0 Å². The second kappa shape index (κ2) is 11.4. The third kappa shape index (κ3) is 5.78. The van der Waals surface area contributed by atoms with Gasteiger partial charge in [0.05, 0.1) is 16.1 Å². The number of hydrogen-bond donors (Lipinski definition) is 1. The summed E-state index contributed by atoms with van der Waals surface area (Å²) >= 11 is 1.59. The van der Waals surface area contributed by atoms with E-state index in [2.05, 4.69) is 56.4 Å². The van der Waals surface area contributed by atoms with E-state index in [9.17, 15) is 4.79 Å². The molecule has 1 aliphatic rings. The van der Waals surface area contributed by atoms with Crippen LogP contribution in [0, 0.1) is 0 Å². The van der Waals surface area contributed by atoms with Crippen LogP contribution in [0.3, 0.4) is 0 Å². The molecule has 1 fully saturated rings. The second-order valence-corrected chi connectivity index (χ2v) is 9.83. The van der Waals surface area contributed by atoms with E-state index >= 15 is 0 Å². The van der Waals surface area contributed by atoms with Gasteiger partial charge in [0.25, 0.3) is 0 Å². The number of hydrogen-bond acceptors (Lipinski definition) is 7. The molecule has 184 valence electrons. The fourth-order valence-corrected chi connectivity index (χ4v) is 5.35. The van der Waals surface area contributed by atoms with Crippen LogP contribution < -0.4 is 10.6 Å². The molecule has 3 aromatic carbocycles. The summed E-state index contributed by atoms with van der Waals surface area (Å²) in [4.78, 5) is 16.2. The van der Waals surface area contributed by atoms with E-state index in [0.717, 1.165) is 63.5 Å². The summed E-state index contributed by atoms with van der Waals surface area (Å²) in [5.41, 5.74) is 8.55. The minimum absolute atomic E-state index is 0.446. The van der Waals surface area contributed by atoms with Crippen LogP contribution in [0.5, 0.6) is 0 Å². The van der Waals surface area contributed by atoms with Crippen LogP contribution in [0.25, 0.3) is 10.1 Å². The molecule has 1 amide bonds. The summed E-state index contributed by atoms with van der Waals surface area (Å²) in [7, 11) is 0. The lowest BCUT2D eigenvalue weighted by Gasteiger charge is -2.35. The maximum Gasteiger partial charge on any atom is 0.248 e.